The summed E-state index contributed by atoms with van der Waals surface area (Å²) in [4.78, 5) is 13.5. The van der Waals surface area contributed by atoms with Crippen LogP contribution in [0.5, 0.6) is 0 Å². The van der Waals surface area contributed by atoms with E-state index in [1.807, 2.05) is 24.3 Å². The fourth-order valence-electron chi connectivity index (χ4n) is 3.45. The average molecular weight is 421 g/mol. The molecule has 3 rings (SSSR count). The van der Waals surface area contributed by atoms with E-state index < -0.39 is 15.8 Å². The summed E-state index contributed by atoms with van der Waals surface area (Å²) in [5.41, 5.74) is 1.98. The van der Waals surface area contributed by atoms with E-state index in [1.54, 1.807) is 0 Å². The van der Waals surface area contributed by atoms with Gasteiger partial charge in [-0.25, -0.2) is 12.8 Å². The molecule has 0 spiro atoms. The van der Waals surface area contributed by atoms with Gasteiger partial charge in [0, 0.05) is 18.7 Å². The van der Waals surface area contributed by atoms with Crippen LogP contribution >= 0.6 is 0 Å². The van der Waals surface area contributed by atoms with Crippen LogP contribution in [0.1, 0.15) is 18.9 Å². The zero-order chi connectivity index (χ0) is 20.9. The third kappa shape index (κ3) is 5.62. The van der Waals surface area contributed by atoms with Gasteiger partial charge in [-0.15, -0.1) is 0 Å². The minimum Gasteiger partial charge on any atom is -0.326 e. The second-order valence-corrected chi connectivity index (χ2v) is 9.17. The number of anilines is 1. The molecule has 1 aliphatic rings. The van der Waals surface area contributed by atoms with Crippen molar-refractivity contribution >= 4 is 21.6 Å². The van der Waals surface area contributed by atoms with Crippen molar-refractivity contribution in [2.24, 2.45) is 0 Å². The number of amides is 1. The number of halogens is 1. The summed E-state index contributed by atoms with van der Waals surface area (Å²) in [7, 11) is -3.66. The van der Waals surface area contributed by atoms with Crippen LogP contribution in [0.25, 0.3) is 0 Å². The predicted molar refractivity (Wildman–Crippen MR) is 110 cm³/mol. The third-order valence-electron chi connectivity index (χ3n) is 5.16. The molecular weight excluding hydrogens is 393 g/mol. The van der Waals surface area contributed by atoms with Crippen LogP contribution in [0, 0.1) is 5.82 Å². The highest BCUT2D eigenvalue weighted by Gasteiger charge is 2.29. The Hall–Kier alpha value is -2.29. The number of hydrogen-bond acceptors (Lipinski definition) is 3. The van der Waals surface area contributed by atoms with Gasteiger partial charge in [0.05, 0.1) is 24.5 Å². The summed E-state index contributed by atoms with van der Waals surface area (Å²) >= 11 is 0. The van der Waals surface area contributed by atoms with Crippen LogP contribution in [-0.2, 0) is 21.2 Å². The maximum Gasteiger partial charge on any atom is 0.279 e. The van der Waals surface area contributed by atoms with E-state index in [0.29, 0.717) is 32.6 Å². The van der Waals surface area contributed by atoms with Crippen LogP contribution in [0.4, 0.5) is 10.1 Å². The van der Waals surface area contributed by atoms with E-state index in [-0.39, 0.29) is 10.8 Å². The zero-order valence-electron chi connectivity index (χ0n) is 16.5. The standard InChI is InChI=1S/C21H26FN3O3S/c1-2-17-4-8-19(9-5-17)23-21(26)16-24-12-3-13-25(15-14-24)29(27,28)20-10-6-18(22)7-11-20/h4-11H,2-3,12-16H2,1H3,(H,23,26)/p+1. The first-order valence-electron chi connectivity index (χ1n) is 9.86. The molecule has 29 heavy (non-hydrogen) atoms. The summed E-state index contributed by atoms with van der Waals surface area (Å²) in [6.07, 6.45) is 1.61. The third-order valence-corrected chi connectivity index (χ3v) is 7.07. The van der Waals surface area contributed by atoms with Crippen molar-refractivity contribution in [3.63, 3.8) is 0 Å². The van der Waals surface area contributed by atoms with Crippen LogP contribution in [-0.4, -0.2) is 51.4 Å². The number of nitrogens with one attached hydrogen (secondary N) is 2. The Kier molecular flexibility index (Phi) is 7.00. The number of nitrogens with zero attached hydrogens (tertiary/aromatic N) is 1. The number of rotatable bonds is 6. The molecule has 0 aromatic heterocycles. The lowest BCUT2D eigenvalue weighted by Gasteiger charge is -2.20. The van der Waals surface area contributed by atoms with Crippen LogP contribution in [0.15, 0.2) is 53.4 Å². The van der Waals surface area contributed by atoms with E-state index in [1.165, 1.54) is 22.0 Å². The Balaban J connectivity index is 1.56. The normalized spacial score (nSPS) is 18.2. The molecule has 0 radical (unpaired) electrons. The molecule has 1 amide bonds. The number of sulfonamides is 1. The second kappa shape index (κ2) is 9.47. The zero-order valence-corrected chi connectivity index (χ0v) is 17.3. The largest absolute Gasteiger partial charge is 0.326 e. The molecular formula is C21H27FN3O3S+. The van der Waals surface area contributed by atoms with E-state index >= 15 is 0 Å². The predicted octanol–water partition coefficient (Wildman–Crippen LogP) is 1.31. The molecule has 6 nitrogen and oxygen atoms in total. The fourth-order valence-corrected chi connectivity index (χ4v) is 4.93. The Labute approximate surface area is 171 Å². The van der Waals surface area contributed by atoms with Gasteiger partial charge in [-0.3, -0.25) is 4.79 Å². The molecule has 156 valence electrons. The van der Waals surface area contributed by atoms with Crippen molar-refractivity contribution in [1.29, 1.82) is 0 Å². The minimum atomic E-state index is -3.66. The van der Waals surface area contributed by atoms with Gasteiger partial charge in [0.1, 0.15) is 5.82 Å². The molecule has 1 saturated heterocycles. The molecule has 1 aliphatic heterocycles. The van der Waals surface area contributed by atoms with Gasteiger partial charge in [0.15, 0.2) is 6.54 Å². The molecule has 1 unspecified atom stereocenters. The highest BCUT2D eigenvalue weighted by atomic mass is 32.2. The maximum absolute atomic E-state index is 13.1. The molecule has 1 fully saturated rings. The first-order valence-corrected chi connectivity index (χ1v) is 11.3. The number of hydrogen-bond donors (Lipinski definition) is 2. The summed E-state index contributed by atoms with van der Waals surface area (Å²) in [5, 5.41) is 2.91. The first-order chi connectivity index (χ1) is 13.9. The topological polar surface area (TPSA) is 70.9 Å². The van der Waals surface area contributed by atoms with Crippen molar-refractivity contribution in [3.05, 3.63) is 59.9 Å². The fraction of sp³-hybridized carbons (Fsp3) is 0.381. The number of carbonyl (C=O) groups excluding carboxylic acids is 1. The smallest absolute Gasteiger partial charge is 0.279 e. The minimum absolute atomic E-state index is 0.0842. The highest BCUT2D eigenvalue weighted by molar-refractivity contribution is 7.89. The number of benzene rings is 2. The first kappa shape index (κ1) is 21.4. The lowest BCUT2D eigenvalue weighted by Crippen LogP contribution is -3.13. The summed E-state index contributed by atoms with van der Waals surface area (Å²) in [6, 6.07) is 12.7. The van der Waals surface area contributed by atoms with Crippen molar-refractivity contribution in [3.8, 4) is 0 Å². The van der Waals surface area contributed by atoms with Crippen LogP contribution in [0.2, 0.25) is 0 Å². The Morgan fingerprint density at radius 3 is 2.41 bits per heavy atom. The molecule has 1 heterocycles. The molecule has 0 saturated carbocycles. The van der Waals surface area contributed by atoms with Crippen molar-refractivity contribution < 1.29 is 22.5 Å². The van der Waals surface area contributed by atoms with E-state index in [2.05, 4.69) is 12.2 Å². The molecule has 2 aromatic rings. The SMILES string of the molecule is CCc1ccc(NC(=O)C[NH+]2CCCN(S(=O)(=O)c3ccc(F)cc3)CC2)cc1. The molecule has 1 atom stereocenters. The number of quaternary nitrogens is 1. The van der Waals surface area contributed by atoms with Gasteiger partial charge in [0.2, 0.25) is 10.0 Å². The number of aryl methyl sites for hydroxylation is 1. The van der Waals surface area contributed by atoms with Crippen LogP contribution in [0.3, 0.4) is 0 Å². The lowest BCUT2D eigenvalue weighted by atomic mass is 10.1. The van der Waals surface area contributed by atoms with Crippen molar-refractivity contribution in [2.75, 3.05) is 38.0 Å². The molecule has 0 aliphatic carbocycles. The Morgan fingerprint density at radius 2 is 1.76 bits per heavy atom. The second-order valence-electron chi connectivity index (χ2n) is 7.24. The lowest BCUT2D eigenvalue weighted by molar-refractivity contribution is -0.889. The summed E-state index contributed by atoms with van der Waals surface area (Å²) < 4.78 is 40.1. The average Bonchev–Trinajstić information content (AvgIpc) is 2.95. The van der Waals surface area contributed by atoms with Gasteiger partial charge in [-0.1, -0.05) is 19.1 Å². The number of carbonyl (C=O) groups is 1. The molecule has 0 bridgehead atoms. The van der Waals surface area contributed by atoms with Crippen molar-refractivity contribution in [1.82, 2.24) is 4.31 Å². The van der Waals surface area contributed by atoms with Crippen molar-refractivity contribution in [2.45, 2.75) is 24.7 Å². The van der Waals surface area contributed by atoms with E-state index in [4.69, 9.17) is 0 Å². The molecule has 2 N–H and O–H groups in total. The van der Waals surface area contributed by atoms with Crippen LogP contribution < -0.4 is 10.2 Å². The quantitative estimate of drug-likeness (QED) is 0.740. The van der Waals surface area contributed by atoms with Gasteiger partial charge < -0.3 is 10.2 Å². The van der Waals surface area contributed by atoms with Gasteiger partial charge >= 0.3 is 0 Å². The summed E-state index contributed by atoms with van der Waals surface area (Å²) in [5.74, 6) is -0.551. The summed E-state index contributed by atoms with van der Waals surface area (Å²) in [6.45, 7) is 4.35. The Bertz CT molecular complexity index is 931. The van der Waals surface area contributed by atoms with E-state index in [9.17, 15) is 17.6 Å². The van der Waals surface area contributed by atoms with Gasteiger partial charge in [0.25, 0.3) is 5.91 Å². The molecule has 2 aromatic carbocycles. The van der Waals surface area contributed by atoms with Gasteiger partial charge in [-0.05, 0) is 48.4 Å². The molecule has 8 heteroatoms. The highest BCUT2D eigenvalue weighted by Crippen LogP contribution is 2.16. The Morgan fingerprint density at radius 1 is 1.07 bits per heavy atom. The maximum atomic E-state index is 13.1. The monoisotopic (exact) mass is 420 g/mol. The van der Waals surface area contributed by atoms with Gasteiger partial charge in [-0.2, -0.15) is 4.31 Å². The van der Waals surface area contributed by atoms with E-state index in [0.717, 1.165) is 35.7 Å².